The summed E-state index contributed by atoms with van der Waals surface area (Å²) in [5, 5.41) is 0. The molecule has 0 spiro atoms. The van der Waals surface area contributed by atoms with Crippen molar-refractivity contribution in [2.24, 2.45) is 11.8 Å². The van der Waals surface area contributed by atoms with E-state index in [9.17, 15) is 9.59 Å². The Morgan fingerprint density at radius 2 is 1.05 bits per heavy atom. The maximum atomic E-state index is 12.2. The average Bonchev–Trinajstić information content (AvgIpc) is 2.38. The van der Waals surface area contributed by atoms with Gasteiger partial charge < -0.3 is 9.47 Å². The molecule has 0 bridgehead atoms. The largest absolute Gasteiger partial charge is 0.462 e. The van der Waals surface area contributed by atoms with E-state index >= 15 is 0 Å². The molecule has 0 amide bonds. The first-order valence-corrected chi connectivity index (χ1v) is 7.44. The minimum absolute atomic E-state index is 0.0778. The van der Waals surface area contributed by atoms with E-state index < -0.39 is 11.9 Å². The summed E-state index contributed by atoms with van der Waals surface area (Å²) in [6.45, 7) is 12.1. The maximum absolute atomic E-state index is 12.2. The van der Waals surface area contributed by atoms with Crippen LogP contribution in [0.15, 0.2) is 11.1 Å². The van der Waals surface area contributed by atoms with Gasteiger partial charge in [-0.15, -0.1) is 0 Å². The van der Waals surface area contributed by atoms with Crippen molar-refractivity contribution < 1.29 is 19.1 Å². The van der Waals surface area contributed by atoms with Crippen LogP contribution in [-0.4, -0.2) is 25.2 Å². The zero-order valence-corrected chi connectivity index (χ0v) is 13.6. The maximum Gasteiger partial charge on any atom is 0.334 e. The van der Waals surface area contributed by atoms with Crippen molar-refractivity contribution >= 4 is 11.9 Å². The van der Waals surface area contributed by atoms with Crippen LogP contribution in [0.2, 0.25) is 0 Å². The Morgan fingerprint density at radius 1 is 0.750 bits per heavy atom. The highest BCUT2D eigenvalue weighted by atomic mass is 16.5. The van der Waals surface area contributed by atoms with Crippen LogP contribution in [0.25, 0.3) is 0 Å². The molecule has 0 saturated carbocycles. The smallest absolute Gasteiger partial charge is 0.334 e. The molecule has 0 aliphatic heterocycles. The summed E-state index contributed by atoms with van der Waals surface area (Å²) in [5.41, 5.74) is 0.879. The Labute approximate surface area is 122 Å². The van der Waals surface area contributed by atoms with Crippen LogP contribution in [0.4, 0.5) is 0 Å². The van der Waals surface area contributed by atoms with E-state index in [0.29, 0.717) is 24.4 Å². The highest BCUT2D eigenvalue weighted by Gasteiger charge is 2.27. The predicted octanol–water partition coefficient (Wildman–Crippen LogP) is 3.50. The molecule has 0 N–H and O–H groups in total. The lowest BCUT2D eigenvalue weighted by atomic mass is 9.90. The SMILES string of the molecule is CCCOC(=O)C(=C(C(=O)OCCC)C(C)C)C(C)C. The fraction of sp³-hybridized carbons (Fsp3) is 0.750. The van der Waals surface area contributed by atoms with Crippen molar-refractivity contribution in [2.75, 3.05) is 13.2 Å². The Morgan fingerprint density at radius 3 is 1.25 bits per heavy atom. The van der Waals surface area contributed by atoms with Crippen LogP contribution < -0.4 is 0 Å². The molecule has 0 aliphatic carbocycles. The first kappa shape index (κ1) is 18.7. The Balaban J connectivity index is 5.44. The van der Waals surface area contributed by atoms with E-state index in [0.717, 1.165) is 12.8 Å². The van der Waals surface area contributed by atoms with Gasteiger partial charge in [0, 0.05) is 0 Å². The topological polar surface area (TPSA) is 52.6 Å². The number of hydrogen-bond acceptors (Lipinski definition) is 4. The minimum Gasteiger partial charge on any atom is -0.462 e. The van der Waals surface area contributed by atoms with E-state index in [1.807, 2.05) is 41.5 Å². The molecule has 0 fully saturated rings. The molecule has 4 nitrogen and oxygen atoms in total. The quantitative estimate of drug-likeness (QED) is 0.505. The molecule has 0 unspecified atom stereocenters. The molecule has 0 atom stereocenters. The number of rotatable bonds is 8. The van der Waals surface area contributed by atoms with Gasteiger partial charge in [-0.2, -0.15) is 0 Å². The summed E-state index contributed by atoms with van der Waals surface area (Å²) in [6, 6.07) is 0. The van der Waals surface area contributed by atoms with Crippen molar-refractivity contribution in [3.63, 3.8) is 0 Å². The van der Waals surface area contributed by atoms with Crippen molar-refractivity contribution in [2.45, 2.75) is 54.4 Å². The molecule has 20 heavy (non-hydrogen) atoms. The standard InChI is InChI=1S/C16H28O4/c1-7-9-19-15(17)13(11(3)4)14(12(5)6)16(18)20-10-8-2/h11-12H,7-10H2,1-6H3. The summed E-state index contributed by atoms with van der Waals surface area (Å²) < 4.78 is 10.4. The third kappa shape index (κ3) is 5.76. The molecule has 0 radical (unpaired) electrons. The lowest BCUT2D eigenvalue weighted by Gasteiger charge is -2.19. The second-order valence-corrected chi connectivity index (χ2v) is 5.41. The van der Waals surface area contributed by atoms with Gasteiger partial charge in [-0.25, -0.2) is 9.59 Å². The summed E-state index contributed by atoms with van der Waals surface area (Å²) in [5.74, 6) is -0.963. The fourth-order valence-electron chi connectivity index (χ4n) is 1.86. The molecular formula is C16H28O4. The second-order valence-electron chi connectivity index (χ2n) is 5.41. The van der Waals surface area contributed by atoms with Crippen LogP contribution in [0.1, 0.15) is 54.4 Å². The van der Waals surface area contributed by atoms with Gasteiger partial charge in [0.2, 0.25) is 0 Å². The average molecular weight is 284 g/mol. The molecule has 0 saturated heterocycles. The van der Waals surface area contributed by atoms with Crippen molar-refractivity contribution in [1.82, 2.24) is 0 Å². The summed E-state index contributed by atoms with van der Waals surface area (Å²) in [7, 11) is 0. The number of ether oxygens (including phenoxy) is 2. The highest BCUT2D eigenvalue weighted by Crippen LogP contribution is 2.24. The number of carbonyl (C=O) groups is 2. The van der Waals surface area contributed by atoms with Crippen LogP contribution in [0.3, 0.4) is 0 Å². The molecule has 0 rings (SSSR count). The van der Waals surface area contributed by atoms with Gasteiger partial charge in [0.1, 0.15) is 0 Å². The summed E-state index contributed by atoms with van der Waals surface area (Å²) in [4.78, 5) is 24.4. The van der Waals surface area contributed by atoms with Crippen LogP contribution in [-0.2, 0) is 19.1 Å². The number of esters is 2. The fourth-order valence-corrected chi connectivity index (χ4v) is 1.86. The molecule has 0 aromatic heterocycles. The van der Waals surface area contributed by atoms with Gasteiger partial charge >= 0.3 is 11.9 Å². The van der Waals surface area contributed by atoms with Gasteiger partial charge in [0.15, 0.2) is 0 Å². The van der Waals surface area contributed by atoms with E-state index in [-0.39, 0.29) is 11.8 Å². The van der Waals surface area contributed by atoms with E-state index in [4.69, 9.17) is 9.47 Å². The Kier molecular flexibility index (Phi) is 8.93. The van der Waals surface area contributed by atoms with Crippen LogP contribution in [0.5, 0.6) is 0 Å². The third-order valence-corrected chi connectivity index (χ3v) is 2.76. The zero-order chi connectivity index (χ0) is 15.7. The molecule has 0 aromatic carbocycles. The third-order valence-electron chi connectivity index (χ3n) is 2.76. The first-order valence-electron chi connectivity index (χ1n) is 7.44. The summed E-state index contributed by atoms with van der Waals surface area (Å²) in [6.07, 6.45) is 1.52. The number of carbonyl (C=O) groups excluding carboxylic acids is 2. The van der Waals surface area contributed by atoms with E-state index in [2.05, 4.69) is 0 Å². The molecule has 4 heteroatoms. The van der Waals surface area contributed by atoms with Gasteiger partial charge in [-0.1, -0.05) is 41.5 Å². The lowest BCUT2D eigenvalue weighted by molar-refractivity contribution is -0.143. The highest BCUT2D eigenvalue weighted by molar-refractivity contribution is 6.01. The van der Waals surface area contributed by atoms with Gasteiger partial charge in [0.25, 0.3) is 0 Å². The number of hydrogen-bond donors (Lipinski definition) is 0. The van der Waals surface area contributed by atoms with E-state index in [1.54, 1.807) is 0 Å². The molecule has 0 aliphatic rings. The van der Waals surface area contributed by atoms with Crippen molar-refractivity contribution in [1.29, 1.82) is 0 Å². The van der Waals surface area contributed by atoms with Gasteiger partial charge in [-0.05, 0) is 24.7 Å². The normalized spacial score (nSPS) is 12.4. The van der Waals surface area contributed by atoms with Crippen molar-refractivity contribution in [3.8, 4) is 0 Å². The second kappa shape index (κ2) is 9.56. The lowest BCUT2D eigenvalue weighted by Crippen LogP contribution is -2.23. The Bertz CT molecular complexity index is 319. The first-order chi connectivity index (χ1) is 9.36. The van der Waals surface area contributed by atoms with Crippen LogP contribution >= 0.6 is 0 Å². The monoisotopic (exact) mass is 284 g/mol. The van der Waals surface area contributed by atoms with E-state index in [1.165, 1.54) is 0 Å². The molecule has 0 heterocycles. The minimum atomic E-state index is -0.404. The van der Waals surface area contributed by atoms with Crippen molar-refractivity contribution in [3.05, 3.63) is 11.1 Å². The summed E-state index contributed by atoms with van der Waals surface area (Å²) >= 11 is 0. The molecule has 116 valence electrons. The molecular weight excluding hydrogens is 256 g/mol. The van der Waals surface area contributed by atoms with Crippen LogP contribution in [0, 0.1) is 11.8 Å². The molecule has 0 aromatic rings. The predicted molar refractivity (Wildman–Crippen MR) is 79.2 cm³/mol. The van der Waals surface area contributed by atoms with Gasteiger partial charge in [0.05, 0.1) is 24.4 Å². The zero-order valence-electron chi connectivity index (χ0n) is 13.6. The Hall–Kier alpha value is -1.32. The van der Waals surface area contributed by atoms with Gasteiger partial charge in [-0.3, -0.25) is 0 Å².